The number of carbonyl (C=O) groups excluding carboxylic acids is 1. The van der Waals surface area contributed by atoms with E-state index in [1.807, 2.05) is 0 Å². The summed E-state index contributed by atoms with van der Waals surface area (Å²) in [6.45, 7) is 1.76. The van der Waals surface area contributed by atoms with Crippen LogP contribution in [-0.4, -0.2) is 10.8 Å². The second-order valence-corrected chi connectivity index (χ2v) is 5.10. The molecule has 5 nitrogen and oxygen atoms in total. The number of hydrogen-bond donors (Lipinski definition) is 1. The summed E-state index contributed by atoms with van der Waals surface area (Å²) in [4.78, 5) is 22.4. The van der Waals surface area contributed by atoms with Crippen LogP contribution in [0.1, 0.15) is 15.9 Å². The molecule has 2 aromatic rings. The van der Waals surface area contributed by atoms with Crippen molar-refractivity contribution < 1.29 is 9.72 Å². The Morgan fingerprint density at radius 1 is 1.19 bits per heavy atom. The number of benzene rings is 2. The van der Waals surface area contributed by atoms with Crippen molar-refractivity contribution in [3.05, 3.63) is 67.7 Å². The van der Waals surface area contributed by atoms with E-state index in [-0.39, 0.29) is 16.3 Å². The third-order valence-corrected chi connectivity index (χ3v) is 3.66. The molecule has 0 bridgehead atoms. The van der Waals surface area contributed by atoms with Crippen molar-refractivity contribution >= 4 is 40.5 Å². The van der Waals surface area contributed by atoms with Gasteiger partial charge in [0.05, 0.1) is 15.5 Å². The molecule has 0 radical (unpaired) electrons. The van der Waals surface area contributed by atoms with Crippen molar-refractivity contribution in [1.82, 2.24) is 0 Å². The third-order valence-electron chi connectivity index (χ3n) is 2.92. The molecule has 108 valence electrons. The summed E-state index contributed by atoms with van der Waals surface area (Å²) in [7, 11) is 0. The predicted octanol–water partition coefficient (Wildman–Crippen LogP) is 4.46. The summed E-state index contributed by atoms with van der Waals surface area (Å²) in [5, 5.41) is 14.1. The zero-order valence-electron chi connectivity index (χ0n) is 10.9. The van der Waals surface area contributed by atoms with Crippen molar-refractivity contribution in [1.29, 1.82) is 0 Å². The number of nitro benzene ring substituents is 1. The van der Waals surface area contributed by atoms with Crippen LogP contribution in [-0.2, 0) is 0 Å². The van der Waals surface area contributed by atoms with E-state index in [0.29, 0.717) is 16.3 Å². The van der Waals surface area contributed by atoms with E-state index in [1.165, 1.54) is 12.1 Å². The predicted molar refractivity (Wildman–Crippen MR) is 82.2 cm³/mol. The molecule has 0 aliphatic carbocycles. The maximum Gasteiger partial charge on any atom is 0.270 e. The zero-order valence-corrected chi connectivity index (χ0v) is 12.4. The lowest BCUT2D eigenvalue weighted by Crippen LogP contribution is -2.13. The third kappa shape index (κ3) is 3.32. The summed E-state index contributed by atoms with van der Waals surface area (Å²) < 4.78 is 0. The lowest BCUT2D eigenvalue weighted by atomic mass is 10.1. The first kappa shape index (κ1) is 15.3. The van der Waals surface area contributed by atoms with Gasteiger partial charge in [0, 0.05) is 22.8 Å². The highest BCUT2D eigenvalue weighted by molar-refractivity contribution is 6.34. The lowest BCUT2D eigenvalue weighted by Gasteiger charge is -2.10. The minimum Gasteiger partial charge on any atom is -0.322 e. The fourth-order valence-corrected chi connectivity index (χ4v) is 2.11. The summed E-state index contributed by atoms with van der Waals surface area (Å²) in [6, 6.07) is 8.78. The van der Waals surface area contributed by atoms with Gasteiger partial charge in [-0.3, -0.25) is 14.9 Å². The molecule has 1 amide bonds. The minimum absolute atomic E-state index is 0.0326. The highest BCUT2D eigenvalue weighted by Gasteiger charge is 2.16. The van der Waals surface area contributed by atoms with Crippen LogP contribution in [0.15, 0.2) is 36.4 Å². The van der Waals surface area contributed by atoms with Crippen molar-refractivity contribution in [3.8, 4) is 0 Å². The molecule has 0 aliphatic rings. The van der Waals surface area contributed by atoms with E-state index >= 15 is 0 Å². The second-order valence-electron chi connectivity index (χ2n) is 4.29. The Morgan fingerprint density at radius 2 is 1.90 bits per heavy atom. The average molecular weight is 325 g/mol. The van der Waals surface area contributed by atoms with Crippen molar-refractivity contribution in [3.63, 3.8) is 0 Å². The first-order valence-electron chi connectivity index (χ1n) is 5.90. The molecule has 0 heterocycles. The summed E-state index contributed by atoms with van der Waals surface area (Å²) in [6.07, 6.45) is 0. The number of halogens is 2. The largest absolute Gasteiger partial charge is 0.322 e. The Bertz CT molecular complexity index is 732. The molecule has 2 aromatic carbocycles. The van der Waals surface area contributed by atoms with Gasteiger partial charge in [0.1, 0.15) is 0 Å². The van der Waals surface area contributed by atoms with Crippen molar-refractivity contribution in [2.24, 2.45) is 0 Å². The molecule has 0 unspecified atom stereocenters. The van der Waals surface area contributed by atoms with Gasteiger partial charge in [0.15, 0.2) is 0 Å². The van der Waals surface area contributed by atoms with E-state index < -0.39 is 10.8 Å². The summed E-state index contributed by atoms with van der Waals surface area (Å²) in [5.41, 5.74) is 1.06. The first-order valence-corrected chi connectivity index (χ1v) is 6.66. The smallest absolute Gasteiger partial charge is 0.270 e. The normalized spacial score (nSPS) is 10.2. The number of hydrogen-bond acceptors (Lipinski definition) is 3. The maximum absolute atomic E-state index is 12.2. The number of nitrogens with one attached hydrogen (secondary N) is 1. The average Bonchev–Trinajstić information content (AvgIpc) is 2.44. The van der Waals surface area contributed by atoms with Crippen LogP contribution in [0.2, 0.25) is 10.0 Å². The number of nitro groups is 1. The Balaban J connectivity index is 2.34. The van der Waals surface area contributed by atoms with E-state index in [2.05, 4.69) is 5.32 Å². The molecule has 0 aromatic heterocycles. The van der Waals surface area contributed by atoms with Gasteiger partial charge in [-0.2, -0.15) is 0 Å². The number of rotatable bonds is 3. The summed E-state index contributed by atoms with van der Waals surface area (Å²) in [5.74, 6) is -0.533. The number of anilines is 1. The Hall–Kier alpha value is -2.11. The molecule has 0 spiro atoms. The molecule has 21 heavy (non-hydrogen) atoms. The molecule has 2 rings (SSSR count). The number of amides is 1. The quantitative estimate of drug-likeness (QED) is 0.669. The molecule has 1 N–H and O–H groups in total. The van der Waals surface area contributed by atoms with E-state index in [0.717, 1.165) is 6.07 Å². The monoisotopic (exact) mass is 324 g/mol. The topological polar surface area (TPSA) is 72.2 Å². The van der Waals surface area contributed by atoms with Gasteiger partial charge in [0.25, 0.3) is 11.6 Å². The minimum atomic E-state index is -0.586. The molecule has 0 saturated heterocycles. The molecular weight excluding hydrogens is 315 g/mol. The number of nitrogens with zero attached hydrogens (tertiary/aromatic N) is 1. The van der Waals surface area contributed by atoms with Gasteiger partial charge in [-0.1, -0.05) is 29.3 Å². The molecular formula is C14H10Cl2N2O3. The van der Waals surface area contributed by atoms with Crippen molar-refractivity contribution in [2.75, 3.05) is 5.32 Å². The highest BCUT2D eigenvalue weighted by Crippen LogP contribution is 2.26. The van der Waals surface area contributed by atoms with Gasteiger partial charge in [-0.05, 0) is 30.7 Å². The van der Waals surface area contributed by atoms with Crippen LogP contribution in [0.3, 0.4) is 0 Å². The first-order chi connectivity index (χ1) is 9.90. The molecule has 0 aliphatic heterocycles. The van der Waals surface area contributed by atoms with Crippen LogP contribution in [0.4, 0.5) is 11.4 Å². The van der Waals surface area contributed by atoms with Crippen LogP contribution < -0.4 is 5.32 Å². The molecule has 0 atom stereocenters. The van der Waals surface area contributed by atoms with E-state index in [9.17, 15) is 14.9 Å². The van der Waals surface area contributed by atoms with Crippen LogP contribution in [0.25, 0.3) is 0 Å². The Kier molecular flexibility index (Phi) is 4.45. The van der Waals surface area contributed by atoms with Crippen LogP contribution in [0.5, 0.6) is 0 Å². The van der Waals surface area contributed by atoms with Crippen LogP contribution in [0, 0.1) is 17.0 Å². The van der Waals surface area contributed by atoms with Gasteiger partial charge in [-0.15, -0.1) is 0 Å². The lowest BCUT2D eigenvalue weighted by molar-refractivity contribution is -0.384. The molecule has 0 saturated carbocycles. The van der Waals surface area contributed by atoms with Gasteiger partial charge < -0.3 is 5.32 Å². The molecule has 7 heteroatoms. The van der Waals surface area contributed by atoms with Crippen LogP contribution >= 0.6 is 23.2 Å². The van der Waals surface area contributed by atoms with Gasteiger partial charge in [0.2, 0.25) is 0 Å². The SMILES string of the molecule is Cc1c(Cl)cccc1NC(=O)c1cc([N+](=O)[O-])ccc1Cl. The zero-order chi connectivity index (χ0) is 15.6. The highest BCUT2D eigenvalue weighted by atomic mass is 35.5. The number of non-ortho nitro benzene ring substituents is 1. The standard InChI is InChI=1S/C14H10Cl2N2O3/c1-8-11(15)3-2-4-13(8)17-14(19)10-7-9(18(20)21)5-6-12(10)16/h2-7H,1H3,(H,17,19). The fraction of sp³-hybridized carbons (Fsp3) is 0.0714. The van der Waals surface area contributed by atoms with Crippen molar-refractivity contribution in [2.45, 2.75) is 6.92 Å². The van der Waals surface area contributed by atoms with Gasteiger partial charge >= 0.3 is 0 Å². The van der Waals surface area contributed by atoms with E-state index in [1.54, 1.807) is 25.1 Å². The molecule has 0 fully saturated rings. The van der Waals surface area contributed by atoms with E-state index in [4.69, 9.17) is 23.2 Å². The number of carbonyl (C=O) groups is 1. The fourth-order valence-electron chi connectivity index (χ4n) is 1.73. The summed E-state index contributed by atoms with van der Waals surface area (Å²) >= 11 is 11.9. The second kappa shape index (κ2) is 6.11. The maximum atomic E-state index is 12.2. The van der Waals surface area contributed by atoms with Gasteiger partial charge in [-0.25, -0.2) is 0 Å². The Morgan fingerprint density at radius 3 is 2.57 bits per heavy atom. The Labute approximate surface area is 130 Å².